The Labute approximate surface area is 163 Å². The molecule has 1 atom stereocenters. The van der Waals surface area contributed by atoms with Crippen molar-refractivity contribution in [3.63, 3.8) is 0 Å². The van der Waals surface area contributed by atoms with Gasteiger partial charge in [-0.1, -0.05) is 6.92 Å². The molecule has 0 amide bonds. The lowest BCUT2D eigenvalue weighted by Gasteiger charge is -2.15. The van der Waals surface area contributed by atoms with Crippen LogP contribution < -0.4 is 10.6 Å². The van der Waals surface area contributed by atoms with E-state index in [1.54, 1.807) is 0 Å². The van der Waals surface area contributed by atoms with E-state index < -0.39 is 0 Å². The van der Waals surface area contributed by atoms with E-state index in [-0.39, 0.29) is 24.0 Å². The monoisotopic (exact) mass is 448 g/mol. The first-order chi connectivity index (χ1) is 11.3. The van der Waals surface area contributed by atoms with Crippen molar-refractivity contribution in [3.05, 3.63) is 18.5 Å². The molecule has 0 aromatic carbocycles. The number of rotatable bonds is 9. The zero-order valence-electron chi connectivity index (χ0n) is 15.1. The van der Waals surface area contributed by atoms with Gasteiger partial charge in [-0.15, -0.1) is 24.0 Å². The van der Waals surface area contributed by atoms with E-state index in [1.165, 1.54) is 32.5 Å². The molecule has 2 rings (SSSR count). The zero-order valence-corrected chi connectivity index (χ0v) is 17.4. The number of halogens is 1. The summed E-state index contributed by atoms with van der Waals surface area (Å²) in [5, 5.41) is 11.0. The highest BCUT2D eigenvalue weighted by Crippen LogP contribution is 2.16. The molecular formula is C17H33IN6. The van der Waals surface area contributed by atoms with E-state index in [4.69, 9.17) is 4.99 Å². The predicted molar refractivity (Wildman–Crippen MR) is 111 cm³/mol. The maximum absolute atomic E-state index is 4.77. The molecule has 1 unspecified atom stereocenters. The molecule has 1 aliphatic heterocycles. The summed E-state index contributed by atoms with van der Waals surface area (Å²) in [5.74, 6) is 1.66. The molecule has 6 nitrogen and oxygen atoms in total. The molecule has 0 aliphatic carbocycles. The van der Waals surface area contributed by atoms with Crippen molar-refractivity contribution in [2.45, 2.75) is 39.7 Å². The minimum Gasteiger partial charge on any atom is -0.357 e. The van der Waals surface area contributed by atoms with E-state index in [0.29, 0.717) is 5.92 Å². The van der Waals surface area contributed by atoms with Crippen LogP contribution in [0, 0.1) is 5.92 Å². The van der Waals surface area contributed by atoms with Crippen LogP contribution in [-0.4, -0.2) is 59.9 Å². The van der Waals surface area contributed by atoms with Gasteiger partial charge in [-0.05, 0) is 51.3 Å². The third-order valence-corrected chi connectivity index (χ3v) is 4.18. The molecule has 1 aromatic rings. The number of likely N-dealkylation sites (tertiary alicyclic amines) is 1. The fourth-order valence-electron chi connectivity index (χ4n) is 3.02. The lowest BCUT2D eigenvalue weighted by atomic mass is 10.1. The average molecular weight is 448 g/mol. The molecule has 2 N–H and O–H groups in total. The standard InChI is InChI=1S/C17H32N6.HI/c1-3-10-22-13-7-16(15-22)14-20-17(18-4-2)19-8-5-11-23-12-6-9-21-23;/h6,9,12,16H,3-5,7-8,10-11,13-15H2,1-2H3,(H2,18,19,20);1H. The minimum absolute atomic E-state index is 0. The molecule has 1 aromatic heterocycles. The first kappa shape index (κ1) is 21.2. The fraction of sp³-hybridized carbons (Fsp3) is 0.765. The van der Waals surface area contributed by atoms with Crippen LogP contribution in [0.4, 0.5) is 0 Å². The predicted octanol–water partition coefficient (Wildman–Crippen LogP) is 2.18. The van der Waals surface area contributed by atoms with Gasteiger partial charge < -0.3 is 15.5 Å². The Balaban J connectivity index is 0.00000288. The molecule has 7 heteroatoms. The van der Waals surface area contributed by atoms with Crippen LogP contribution in [0.5, 0.6) is 0 Å². The van der Waals surface area contributed by atoms with Gasteiger partial charge in [0.1, 0.15) is 0 Å². The van der Waals surface area contributed by atoms with Crippen LogP contribution in [0.3, 0.4) is 0 Å². The molecule has 0 radical (unpaired) electrons. The van der Waals surface area contributed by atoms with E-state index in [1.807, 2.05) is 23.1 Å². The van der Waals surface area contributed by atoms with Gasteiger partial charge in [0, 0.05) is 45.1 Å². The molecule has 0 spiro atoms. The molecule has 0 bridgehead atoms. The number of hydrogen-bond donors (Lipinski definition) is 2. The number of nitrogens with one attached hydrogen (secondary N) is 2. The number of aromatic nitrogens is 2. The Bertz CT molecular complexity index is 448. The maximum Gasteiger partial charge on any atom is 0.191 e. The second-order valence-electron chi connectivity index (χ2n) is 6.22. The molecule has 1 saturated heterocycles. The van der Waals surface area contributed by atoms with Crippen molar-refractivity contribution in [1.29, 1.82) is 0 Å². The van der Waals surface area contributed by atoms with Crippen LogP contribution in [0.1, 0.15) is 33.1 Å². The van der Waals surface area contributed by atoms with Crippen molar-refractivity contribution < 1.29 is 0 Å². The summed E-state index contributed by atoms with van der Waals surface area (Å²) < 4.78 is 1.96. The van der Waals surface area contributed by atoms with Crippen LogP contribution >= 0.6 is 24.0 Å². The number of hydrogen-bond acceptors (Lipinski definition) is 3. The maximum atomic E-state index is 4.77. The van der Waals surface area contributed by atoms with Gasteiger partial charge in [0.05, 0.1) is 0 Å². The Morgan fingerprint density at radius 1 is 1.29 bits per heavy atom. The van der Waals surface area contributed by atoms with E-state index in [0.717, 1.165) is 38.6 Å². The Morgan fingerprint density at radius 2 is 2.17 bits per heavy atom. The largest absolute Gasteiger partial charge is 0.357 e. The summed E-state index contributed by atoms with van der Waals surface area (Å²) >= 11 is 0. The van der Waals surface area contributed by atoms with Crippen LogP contribution in [-0.2, 0) is 6.54 Å². The molecule has 138 valence electrons. The van der Waals surface area contributed by atoms with Crippen LogP contribution in [0.15, 0.2) is 23.5 Å². The topological polar surface area (TPSA) is 57.5 Å². The van der Waals surface area contributed by atoms with Gasteiger partial charge in [0.25, 0.3) is 0 Å². The SMILES string of the molecule is CCCN1CCC(CN=C(NCC)NCCCn2cccn2)C1.I. The van der Waals surface area contributed by atoms with E-state index >= 15 is 0 Å². The Kier molecular flexibility index (Phi) is 11.1. The highest BCUT2D eigenvalue weighted by molar-refractivity contribution is 14.0. The summed E-state index contributed by atoms with van der Waals surface area (Å²) in [6, 6.07) is 1.96. The summed E-state index contributed by atoms with van der Waals surface area (Å²) in [6.45, 7) is 11.7. The highest BCUT2D eigenvalue weighted by Gasteiger charge is 2.21. The lowest BCUT2D eigenvalue weighted by Crippen LogP contribution is -2.38. The molecule has 24 heavy (non-hydrogen) atoms. The summed E-state index contributed by atoms with van der Waals surface area (Å²) in [5.41, 5.74) is 0. The highest BCUT2D eigenvalue weighted by atomic mass is 127. The van der Waals surface area contributed by atoms with Crippen molar-refractivity contribution >= 4 is 29.9 Å². The smallest absolute Gasteiger partial charge is 0.191 e. The third-order valence-electron chi connectivity index (χ3n) is 4.18. The second kappa shape index (κ2) is 12.5. The van der Waals surface area contributed by atoms with Crippen molar-refractivity contribution in [2.75, 3.05) is 39.3 Å². The number of nitrogens with zero attached hydrogens (tertiary/aromatic N) is 4. The summed E-state index contributed by atoms with van der Waals surface area (Å²) in [6.07, 6.45) is 7.39. The van der Waals surface area contributed by atoms with Gasteiger partial charge in [0.2, 0.25) is 0 Å². The van der Waals surface area contributed by atoms with Crippen molar-refractivity contribution in [1.82, 2.24) is 25.3 Å². The molecule has 1 aliphatic rings. The van der Waals surface area contributed by atoms with Crippen molar-refractivity contribution in [3.8, 4) is 0 Å². The van der Waals surface area contributed by atoms with E-state index in [9.17, 15) is 0 Å². The average Bonchev–Trinajstić information content (AvgIpc) is 3.21. The third kappa shape index (κ3) is 7.83. The number of aliphatic imine (C=N–C) groups is 1. The van der Waals surface area contributed by atoms with Crippen LogP contribution in [0.2, 0.25) is 0 Å². The quantitative estimate of drug-likeness (QED) is 0.263. The lowest BCUT2D eigenvalue weighted by molar-refractivity contribution is 0.326. The molecule has 2 heterocycles. The Hall–Kier alpha value is -0.830. The van der Waals surface area contributed by atoms with Crippen molar-refractivity contribution in [2.24, 2.45) is 10.9 Å². The fourth-order valence-corrected chi connectivity index (χ4v) is 3.02. The van der Waals surface area contributed by atoms with Gasteiger partial charge in [-0.25, -0.2) is 0 Å². The molecular weight excluding hydrogens is 415 g/mol. The Morgan fingerprint density at radius 3 is 2.88 bits per heavy atom. The van der Waals surface area contributed by atoms with Gasteiger partial charge in [-0.2, -0.15) is 5.10 Å². The van der Waals surface area contributed by atoms with Gasteiger partial charge >= 0.3 is 0 Å². The molecule has 1 fully saturated rings. The zero-order chi connectivity index (χ0) is 16.3. The van der Waals surface area contributed by atoms with E-state index in [2.05, 4.69) is 34.5 Å². The number of aryl methyl sites for hydroxylation is 1. The minimum atomic E-state index is 0. The normalized spacial score (nSPS) is 18.4. The molecule has 0 saturated carbocycles. The second-order valence-corrected chi connectivity index (χ2v) is 6.22. The summed E-state index contributed by atoms with van der Waals surface area (Å²) in [7, 11) is 0. The summed E-state index contributed by atoms with van der Waals surface area (Å²) in [4.78, 5) is 7.33. The van der Waals surface area contributed by atoms with Gasteiger partial charge in [0.15, 0.2) is 5.96 Å². The number of guanidine groups is 1. The van der Waals surface area contributed by atoms with Gasteiger partial charge in [-0.3, -0.25) is 9.67 Å². The first-order valence-electron chi connectivity index (χ1n) is 9.03. The first-order valence-corrected chi connectivity index (χ1v) is 9.03. The van der Waals surface area contributed by atoms with Crippen LogP contribution in [0.25, 0.3) is 0 Å².